The van der Waals surface area contributed by atoms with Crippen molar-refractivity contribution in [3.63, 3.8) is 0 Å². The van der Waals surface area contributed by atoms with Gasteiger partial charge in [-0.25, -0.2) is 0 Å². The van der Waals surface area contributed by atoms with Gasteiger partial charge in [-0.1, -0.05) is 0 Å². The molecule has 0 bridgehead atoms. The van der Waals surface area contributed by atoms with E-state index < -0.39 is 67.7 Å². The lowest BCUT2D eigenvalue weighted by Crippen LogP contribution is -2.60. The van der Waals surface area contributed by atoms with Crippen molar-refractivity contribution in [2.24, 2.45) is 0 Å². The second kappa shape index (κ2) is 8.70. The van der Waals surface area contributed by atoms with Crippen molar-refractivity contribution >= 4 is 11.9 Å². The Morgan fingerprint density at radius 3 is 2.33 bits per heavy atom. The van der Waals surface area contributed by atoms with Crippen LogP contribution in [0.3, 0.4) is 0 Å². The predicted octanol–water partition coefficient (Wildman–Crippen LogP) is -2.01. The van der Waals surface area contributed by atoms with Gasteiger partial charge in [-0.15, -0.1) is 0 Å². The van der Waals surface area contributed by atoms with E-state index in [0.29, 0.717) is 0 Å². The Hall–Kier alpha value is -1.30. The Kier molecular flexibility index (Phi) is 7.52. The summed E-state index contributed by atoms with van der Waals surface area (Å²) in [5.41, 5.74) is -1.84. The quantitative estimate of drug-likeness (QED) is 0.308. The summed E-state index contributed by atoms with van der Waals surface area (Å²) in [6.07, 6.45) is -8.14. The highest BCUT2D eigenvalue weighted by atomic mass is 16.7. The third-order valence-electron chi connectivity index (χ3n) is 3.48. The summed E-state index contributed by atoms with van der Waals surface area (Å²) < 4.78 is 15.3. The van der Waals surface area contributed by atoms with Gasteiger partial charge in [0.15, 0.2) is 12.4 Å². The molecule has 0 radical (unpaired) electrons. The maximum atomic E-state index is 11.9. The minimum absolute atomic E-state index is 0.190. The first kappa shape index (κ1) is 20.7. The van der Waals surface area contributed by atoms with Gasteiger partial charge in [0, 0.05) is 6.61 Å². The minimum atomic E-state index is -1.84. The van der Waals surface area contributed by atoms with Crippen molar-refractivity contribution in [2.75, 3.05) is 13.2 Å². The number of carbonyl (C=O) groups is 2. The molecule has 0 unspecified atom stereocenters. The van der Waals surface area contributed by atoms with Crippen LogP contribution in [0.4, 0.5) is 0 Å². The molecule has 0 saturated carbocycles. The van der Waals surface area contributed by atoms with E-state index in [1.54, 1.807) is 6.92 Å². The van der Waals surface area contributed by atoms with E-state index in [9.17, 15) is 30.0 Å². The number of aliphatic hydroxyl groups excluding tert-OH is 3. The SMILES string of the molecule is CCO[C@@H]1O[C@H](CO)[C@@H](OC(=O)C[C@](C)(O)CC(=O)O)[C@H](O)[C@H]1O. The van der Waals surface area contributed by atoms with Crippen LogP contribution in [0, 0.1) is 0 Å². The summed E-state index contributed by atoms with van der Waals surface area (Å²) in [5, 5.41) is 47.8. The Morgan fingerprint density at radius 2 is 1.83 bits per heavy atom. The van der Waals surface area contributed by atoms with E-state index in [-0.39, 0.29) is 6.61 Å². The molecule has 1 heterocycles. The fourth-order valence-electron chi connectivity index (χ4n) is 2.39. The monoisotopic (exact) mass is 352 g/mol. The molecule has 0 spiro atoms. The number of aliphatic hydroxyl groups is 4. The first-order chi connectivity index (χ1) is 11.1. The van der Waals surface area contributed by atoms with Gasteiger partial charge in [-0.2, -0.15) is 0 Å². The fourth-order valence-corrected chi connectivity index (χ4v) is 2.39. The van der Waals surface area contributed by atoms with Crippen LogP contribution in [-0.2, 0) is 23.8 Å². The van der Waals surface area contributed by atoms with Crippen LogP contribution in [0.2, 0.25) is 0 Å². The molecule has 0 aromatic carbocycles. The molecule has 0 aromatic rings. The van der Waals surface area contributed by atoms with E-state index in [1.165, 1.54) is 0 Å². The van der Waals surface area contributed by atoms with Crippen molar-refractivity contribution in [1.82, 2.24) is 0 Å². The molecule has 0 aromatic heterocycles. The van der Waals surface area contributed by atoms with Crippen molar-refractivity contribution in [3.05, 3.63) is 0 Å². The first-order valence-electron chi connectivity index (χ1n) is 7.49. The number of carbonyl (C=O) groups excluding carboxylic acids is 1. The second-order valence-electron chi connectivity index (χ2n) is 5.86. The van der Waals surface area contributed by atoms with Gasteiger partial charge in [-0.3, -0.25) is 9.59 Å². The van der Waals surface area contributed by atoms with Gasteiger partial charge in [-0.05, 0) is 13.8 Å². The van der Waals surface area contributed by atoms with E-state index in [4.69, 9.17) is 19.3 Å². The average Bonchev–Trinajstić information content (AvgIpc) is 2.44. The molecule has 1 rings (SSSR count). The van der Waals surface area contributed by atoms with Crippen LogP contribution in [0.15, 0.2) is 0 Å². The van der Waals surface area contributed by atoms with Crippen LogP contribution in [0.25, 0.3) is 0 Å². The molecule has 1 aliphatic rings. The van der Waals surface area contributed by atoms with Gasteiger partial charge >= 0.3 is 11.9 Å². The van der Waals surface area contributed by atoms with Gasteiger partial charge in [0.1, 0.15) is 18.3 Å². The largest absolute Gasteiger partial charge is 0.481 e. The van der Waals surface area contributed by atoms with Gasteiger partial charge in [0.25, 0.3) is 0 Å². The molecule has 140 valence electrons. The third kappa shape index (κ3) is 5.65. The fraction of sp³-hybridized carbons (Fsp3) is 0.857. The maximum absolute atomic E-state index is 11.9. The third-order valence-corrected chi connectivity index (χ3v) is 3.48. The highest BCUT2D eigenvalue weighted by molar-refractivity contribution is 5.74. The number of carboxylic acids is 1. The average molecular weight is 352 g/mol. The highest BCUT2D eigenvalue weighted by Gasteiger charge is 2.47. The zero-order chi connectivity index (χ0) is 18.5. The molecular weight excluding hydrogens is 328 g/mol. The highest BCUT2D eigenvalue weighted by Crippen LogP contribution is 2.25. The van der Waals surface area contributed by atoms with Crippen molar-refractivity contribution in [1.29, 1.82) is 0 Å². The van der Waals surface area contributed by atoms with E-state index in [0.717, 1.165) is 6.92 Å². The summed E-state index contributed by atoms with van der Waals surface area (Å²) in [4.78, 5) is 22.5. The van der Waals surface area contributed by atoms with Gasteiger partial charge in [0.05, 0.1) is 25.0 Å². The molecule has 24 heavy (non-hydrogen) atoms. The summed E-state index contributed by atoms with van der Waals surface area (Å²) in [5.74, 6) is -2.30. The molecule has 1 aliphatic heterocycles. The van der Waals surface area contributed by atoms with E-state index in [2.05, 4.69) is 0 Å². The molecule has 0 aliphatic carbocycles. The smallest absolute Gasteiger partial charge is 0.309 e. The maximum Gasteiger partial charge on any atom is 0.309 e. The van der Waals surface area contributed by atoms with Gasteiger partial charge in [0.2, 0.25) is 0 Å². The molecule has 1 saturated heterocycles. The zero-order valence-electron chi connectivity index (χ0n) is 13.5. The Morgan fingerprint density at radius 1 is 1.21 bits per heavy atom. The lowest BCUT2D eigenvalue weighted by atomic mass is 9.97. The molecule has 6 atom stereocenters. The molecular formula is C14H24O10. The first-order valence-corrected chi connectivity index (χ1v) is 7.49. The van der Waals surface area contributed by atoms with Crippen molar-refractivity contribution in [3.8, 4) is 0 Å². The minimum Gasteiger partial charge on any atom is -0.481 e. The van der Waals surface area contributed by atoms with Crippen LogP contribution in [0.5, 0.6) is 0 Å². The lowest BCUT2D eigenvalue weighted by Gasteiger charge is -2.41. The lowest BCUT2D eigenvalue weighted by molar-refractivity contribution is -0.302. The number of carboxylic acid groups (broad SMARTS) is 1. The topological polar surface area (TPSA) is 163 Å². The van der Waals surface area contributed by atoms with Crippen molar-refractivity contribution < 1.29 is 49.3 Å². The molecule has 10 nitrogen and oxygen atoms in total. The Balaban J connectivity index is 2.73. The Bertz CT molecular complexity index is 435. The van der Waals surface area contributed by atoms with Crippen LogP contribution >= 0.6 is 0 Å². The molecule has 0 amide bonds. The number of hydrogen-bond donors (Lipinski definition) is 5. The summed E-state index contributed by atoms with van der Waals surface area (Å²) in [7, 11) is 0. The van der Waals surface area contributed by atoms with Crippen LogP contribution in [0.1, 0.15) is 26.7 Å². The van der Waals surface area contributed by atoms with Crippen LogP contribution in [-0.4, -0.2) is 87.0 Å². The van der Waals surface area contributed by atoms with Crippen LogP contribution < -0.4 is 0 Å². The summed E-state index contributed by atoms with van der Waals surface area (Å²) in [6.45, 7) is 2.37. The number of ether oxygens (including phenoxy) is 3. The zero-order valence-corrected chi connectivity index (χ0v) is 13.5. The van der Waals surface area contributed by atoms with Crippen molar-refractivity contribution in [2.45, 2.75) is 63.0 Å². The number of hydrogen-bond acceptors (Lipinski definition) is 9. The molecule has 5 N–H and O–H groups in total. The van der Waals surface area contributed by atoms with Gasteiger partial charge < -0.3 is 39.7 Å². The normalized spacial score (nSPS) is 32.8. The molecule has 1 fully saturated rings. The standard InChI is InChI=1S/C14H24O10/c1-3-22-13-11(20)10(19)12(7(6-15)23-13)24-9(18)5-14(2,21)4-8(16)17/h7,10-13,15,19-21H,3-6H2,1-2H3,(H,16,17)/t7-,10-,11-,12-,13-,14-/m1/s1. The van der Waals surface area contributed by atoms with E-state index in [1.807, 2.05) is 0 Å². The molecule has 10 heteroatoms. The second-order valence-corrected chi connectivity index (χ2v) is 5.86. The predicted molar refractivity (Wildman–Crippen MR) is 76.8 cm³/mol. The number of rotatable bonds is 8. The number of aliphatic carboxylic acids is 1. The Labute approximate surface area is 138 Å². The number of esters is 1. The van der Waals surface area contributed by atoms with E-state index >= 15 is 0 Å². The summed E-state index contributed by atoms with van der Waals surface area (Å²) >= 11 is 0. The summed E-state index contributed by atoms with van der Waals surface area (Å²) in [6, 6.07) is 0.